The van der Waals surface area contributed by atoms with E-state index < -0.39 is 0 Å². The first-order chi connectivity index (χ1) is 9.60. The molecule has 1 aromatic rings. The predicted molar refractivity (Wildman–Crippen MR) is 79.6 cm³/mol. The van der Waals surface area contributed by atoms with E-state index in [9.17, 15) is 0 Å². The molecule has 112 valence electrons. The van der Waals surface area contributed by atoms with Gasteiger partial charge in [-0.3, -0.25) is 0 Å². The second-order valence-electron chi connectivity index (χ2n) is 5.52. The van der Waals surface area contributed by atoms with Crippen LogP contribution >= 0.6 is 0 Å². The summed E-state index contributed by atoms with van der Waals surface area (Å²) < 4.78 is 11.1. The first-order valence-corrected chi connectivity index (χ1v) is 7.08. The highest BCUT2D eigenvalue weighted by Gasteiger charge is 2.34. The molecule has 0 radical (unpaired) electrons. The molecule has 0 unspecified atom stereocenters. The first-order valence-electron chi connectivity index (χ1n) is 7.08. The largest absolute Gasteiger partial charge is 0.490 e. The maximum Gasteiger partial charge on any atom is 0.204 e. The molecule has 2 heterocycles. The maximum absolute atomic E-state index is 5.56. The second kappa shape index (κ2) is 6.26. The van der Waals surface area contributed by atoms with Gasteiger partial charge in [-0.25, -0.2) is 9.97 Å². The summed E-state index contributed by atoms with van der Waals surface area (Å²) in [5.41, 5.74) is -0.109. The molecule has 0 aromatic carbocycles. The topological polar surface area (TPSA) is 59.5 Å². The van der Waals surface area contributed by atoms with Gasteiger partial charge in [-0.2, -0.15) is 0 Å². The summed E-state index contributed by atoms with van der Waals surface area (Å²) >= 11 is 0. The van der Waals surface area contributed by atoms with E-state index in [4.69, 9.17) is 9.47 Å². The van der Waals surface area contributed by atoms with Crippen LogP contribution in [-0.2, 0) is 4.74 Å². The number of nitrogens with one attached hydrogen (secondary N) is 1. The Kier molecular flexibility index (Phi) is 4.65. The summed E-state index contributed by atoms with van der Waals surface area (Å²) in [7, 11) is 1.66. The number of rotatable bonds is 5. The Labute approximate surface area is 120 Å². The molecule has 0 amide bonds. The van der Waals surface area contributed by atoms with Crippen molar-refractivity contribution in [1.82, 2.24) is 9.97 Å². The minimum atomic E-state index is -0.109. The second-order valence-corrected chi connectivity index (χ2v) is 5.52. The van der Waals surface area contributed by atoms with E-state index in [1.54, 1.807) is 13.4 Å². The molecule has 0 saturated carbocycles. The van der Waals surface area contributed by atoms with Gasteiger partial charge in [-0.05, 0) is 20.3 Å². The van der Waals surface area contributed by atoms with E-state index in [0.717, 1.165) is 31.1 Å². The molecule has 1 aliphatic heterocycles. The van der Waals surface area contributed by atoms with Crippen LogP contribution in [0.3, 0.4) is 0 Å². The molecule has 2 rings (SSSR count). The molecule has 0 bridgehead atoms. The van der Waals surface area contributed by atoms with Gasteiger partial charge in [0.2, 0.25) is 5.75 Å². The van der Waals surface area contributed by atoms with E-state index >= 15 is 0 Å². The molecule has 1 aromatic heterocycles. The SMILES string of the molecule is CCCNc1ncnc(N2CCOCC2(C)C)c1OC. The van der Waals surface area contributed by atoms with Gasteiger partial charge in [0.25, 0.3) is 0 Å². The highest BCUT2D eigenvalue weighted by atomic mass is 16.5. The molecular formula is C14H24N4O2. The van der Waals surface area contributed by atoms with Crippen LogP contribution in [0.2, 0.25) is 0 Å². The van der Waals surface area contributed by atoms with Gasteiger partial charge in [-0.1, -0.05) is 6.92 Å². The molecule has 6 nitrogen and oxygen atoms in total. The van der Waals surface area contributed by atoms with Crippen LogP contribution in [0.1, 0.15) is 27.2 Å². The van der Waals surface area contributed by atoms with Gasteiger partial charge < -0.3 is 19.7 Å². The van der Waals surface area contributed by atoms with Crippen molar-refractivity contribution in [2.24, 2.45) is 0 Å². The van der Waals surface area contributed by atoms with E-state index in [0.29, 0.717) is 19.0 Å². The third-order valence-electron chi connectivity index (χ3n) is 3.43. The first kappa shape index (κ1) is 14.8. The number of anilines is 2. The Morgan fingerprint density at radius 1 is 1.45 bits per heavy atom. The number of methoxy groups -OCH3 is 1. The van der Waals surface area contributed by atoms with Crippen molar-refractivity contribution >= 4 is 11.6 Å². The van der Waals surface area contributed by atoms with Gasteiger partial charge in [0, 0.05) is 13.1 Å². The number of hydrogen-bond donors (Lipinski definition) is 1. The van der Waals surface area contributed by atoms with Crippen LogP contribution in [0.4, 0.5) is 11.6 Å². The number of nitrogens with zero attached hydrogens (tertiary/aromatic N) is 3. The van der Waals surface area contributed by atoms with Gasteiger partial charge in [0.1, 0.15) is 6.33 Å². The summed E-state index contributed by atoms with van der Waals surface area (Å²) in [6.45, 7) is 9.45. The normalized spacial score (nSPS) is 17.9. The van der Waals surface area contributed by atoms with E-state index in [1.165, 1.54) is 0 Å². The van der Waals surface area contributed by atoms with Crippen LogP contribution in [0.15, 0.2) is 6.33 Å². The maximum atomic E-state index is 5.56. The number of aromatic nitrogens is 2. The predicted octanol–water partition coefficient (Wildman–Crippen LogP) is 1.92. The van der Waals surface area contributed by atoms with Crippen molar-refractivity contribution in [2.45, 2.75) is 32.7 Å². The number of ether oxygens (including phenoxy) is 2. The highest BCUT2D eigenvalue weighted by Crippen LogP contribution is 2.36. The zero-order valence-corrected chi connectivity index (χ0v) is 12.8. The standard InChI is InChI=1S/C14H24N4O2/c1-5-6-15-12-11(19-4)13(17-10-16-12)18-7-8-20-9-14(18,2)3/h10H,5-9H2,1-4H3,(H,15,16,17). The zero-order valence-electron chi connectivity index (χ0n) is 12.8. The third-order valence-corrected chi connectivity index (χ3v) is 3.43. The molecule has 0 aliphatic carbocycles. The lowest BCUT2D eigenvalue weighted by molar-refractivity contribution is 0.0636. The minimum Gasteiger partial charge on any atom is -0.490 e. The monoisotopic (exact) mass is 280 g/mol. The van der Waals surface area contributed by atoms with Gasteiger partial charge in [0.05, 0.1) is 25.9 Å². The summed E-state index contributed by atoms with van der Waals surface area (Å²) in [6, 6.07) is 0. The average Bonchev–Trinajstić information content (AvgIpc) is 2.44. The molecular weight excluding hydrogens is 256 g/mol. The van der Waals surface area contributed by atoms with Crippen LogP contribution in [0.5, 0.6) is 5.75 Å². The van der Waals surface area contributed by atoms with Crippen molar-refractivity contribution in [2.75, 3.05) is 43.6 Å². The molecule has 1 N–H and O–H groups in total. The number of hydrogen-bond acceptors (Lipinski definition) is 6. The zero-order chi connectivity index (χ0) is 14.6. The smallest absolute Gasteiger partial charge is 0.204 e. The highest BCUT2D eigenvalue weighted by molar-refractivity contribution is 5.65. The van der Waals surface area contributed by atoms with E-state index in [1.807, 2.05) is 0 Å². The van der Waals surface area contributed by atoms with Crippen molar-refractivity contribution in [1.29, 1.82) is 0 Å². The van der Waals surface area contributed by atoms with Crippen LogP contribution in [0.25, 0.3) is 0 Å². The Bertz CT molecular complexity index is 451. The average molecular weight is 280 g/mol. The Morgan fingerprint density at radius 2 is 2.25 bits per heavy atom. The molecule has 1 aliphatic rings. The Morgan fingerprint density at radius 3 is 2.90 bits per heavy atom. The fourth-order valence-corrected chi connectivity index (χ4v) is 2.36. The lowest BCUT2D eigenvalue weighted by Gasteiger charge is -2.43. The summed E-state index contributed by atoms with van der Waals surface area (Å²) in [6.07, 6.45) is 2.62. The fourth-order valence-electron chi connectivity index (χ4n) is 2.36. The van der Waals surface area contributed by atoms with Gasteiger partial charge in [0.15, 0.2) is 11.6 Å². The van der Waals surface area contributed by atoms with Crippen molar-refractivity contribution in [3.63, 3.8) is 0 Å². The molecule has 1 saturated heterocycles. The third kappa shape index (κ3) is 2.95. The molecule has 1 fully saturated rings. The van der Waals surface area contributed by atoms with Crippen molar-refractivity contribution in [3.8, 4) is 5.75 Å². The van der Waals surface area contributed by atoms with Gasteiger partial charge in [-0.15, -0.1) is 0 Å². The lowest BCUT2D eigenvalue weighted by Crippen LogP contribution is -2.53. The lowest BCUT2D eigenvalue weighted by atomic mass is 10.0. The van der Waals surface area contributed by atoms with E-state index in [-0.39, 0.29) is 5.54 Å². The minimum absolute atomic E-state index is 0.109. The molecule has 0 spiro atoms. The number of morpholine rings is 1. The van der Waals surface area contributed by atoms with Crippen molar-refractivity contribution < 1.29 is 9.47 Å². The Balaban J connectivity index is 2.35. The Hall–Kier alpha value is -1.56. The van der Waals surface area contributed by atoms with Crippen LogP contribution in [-0.4, -0.2) is 48.9 Å². The quantitative estimate of drug-likeness (QED) is 0.889. The van der Waals surface area contributed by atoms with Crippen LogP contribution < -0.4 is 15.0 Å². The summed E-state index contributed by atoms with van der Waals surface area (Å²) in [5, 5.41) is 3.29. The molecule has 20 heavy (non-hydrogen) atoms. The van der Waals surface area contributed by atoms with Gasteiger partial charge >= 0.3 is 0 Å². The van der Waals surface area contributed by atoms with Crippen LogP contribution in [0, 0.1) is 0 Å². The summed E-state index contributed by atoms with van der Waals surface area (Å²) in [5.74, 6) is 2.28. The van der Waals surface area contributed by atoms with E-state index in [2.05, 4.69) is 41.0 Å². The van der Waals surface area contributed by atoms with Crippen molar-refractivity contribution in [3.05, 3.63) is 6.33 Å². The molecule has 6 heteroatoms. The summed E-state index contributed by atoms with van der Waals surface area (Å²) in [4.78, 5) is 10.9. The fraction of sp³-hybridized carbons (Fsp3) is 0.714. The molecule has 0 atom stereocenters.